The second-order valence-electron chi connectivity index (χ2n) is 5.04. The van der Waals surface area contributed by atoms with Gasteiger partial charge >= 0.3 is 5.97 Å². The predicted molar refractivity (Wildman–Crippen MR) is 92.5 cm³/mol. The Labute approximate surface area is 149 Å². The number of amides is 1. The molecule has 0 saturated carbocycles. The van der Waals surface area contributed by atoms with Crippen molar-refractivity contribution in [1.29, 1.82) is 5.26 Å². The van der Waals surface area contributed by atoms with E-state index in [0.717, 1.165) is 5.56 Å². The zero-order chi connectivity index (χ0) is 18.2. The first-order valence-corrected chi connectivity index (χ1v) is 7.67. The van der Waals surface area contributed by atoms with Gasteiger partial charge in [0, 0.05) is 5.02 Å². The Hall–Kier alpha value is -3.04. The van der Waals surface area contributed by atoms with Crippen LogP contribution in [0.25, 0.3) is 0 Å². The summed E-state index contributed by atoms with van der Waals surface area (Å²) in [6.07, 6.45) is 0.170. The average Bonchev–Trinajstić information content (AvgIpc) is 2.61. The minimum Gasteiger partial charge on any atom is -0.484 e. The first-order chi connectivity index (χ1) is 12.0. The second kappa shape index (κ2) is 8.71. The van der Waals surface area contributed by atoms with Gasteiger partial charge in [0.05, 0.1) is 24.8 Å². The highest BCUT2D eigenvalue weighted by molar-refractivity contribution is 6.31. The number of carbonyl (C=O) groups excluding carboxylic acids is 2. The third kappa shape index (κ3) is 5.52. The first kappa shape index (κ1) is 18.3. The Morgan fingerprint density at radius 3 is 2.56 bits per heavy atom. The minimum atomic E-state index is -0.419. The fourth-order valence-corrected chi connectivity index (χ4v) is 2.17. The number of ether oxygens (including phenoxy) is 2. The van der Waals surface area contributed by atoms with Crippen LogP contribution in [0.4, 0.5) is 5.69 Å². The number of rotatable bonds is 6. The van der Waals surface area contributed by atoms with Crippen LogP contribution in [-0.4, -0.2) is 25.6 Å². The van der Waals surface area contributed by atoms with E-state index < -0.39 is 5.91 Å². The summed E-state index contributed by atoms with van der Waals surface area (Å²) in [7, 11) is 1.33. The van der Waals surface area contributed by atoms with Crippen LogP contribution in [0.5, 0.6) is 5.75 Å². The van der Waals surface area contributed by atoms with Crippen molar-refractivity contribution < 1.29 is 19.1 Å². The number of methoxy groups -OCH3 is 1. The molecule has 2 aromatic carbocycles. The Bertz CT molecular complexity index is 813. The third-order valence-corrected chi connectivity index (χ3v) is 3.48. The monoisotopic (exact) mass is 358 g/mol. The molecular formula is C18H15ClN2O4. The van der Waals surface area contributed by atoms with Gasteiger partial charge in [0.15, 0.2) is 6.61 Å². The number of esters is 1. The smallest absolute Gasteiger partial charge is 0.309 e. The van der Waals surface area contributed by atoms with E-state index >= 15 is 0 Å². The molecule has 2 aromatic rings. The molecule has 128 valence electrons. The molecule has 0 aliphatic carbocycles. The van der Waals surface area contributed by atoms with Crippen molar-refractivity contribution >= 4 is 29.2 Å². The summed E-state index contributed by atoms with van der Waals surface area (Å²) in [6.45, 7) is -0.228. The van der Waals surface area contributed by atoms with E-state index in [0.29, 0.717) is 22.0 Å². The number of nitrogens with one attached hydrogen (secondary N) is 1. The van der Waals surface area contributed by atoms with E-state index in [1.165, 1.54) is 19.2 Å². The molecule has 0 aliphatic heterocycles. The number of nitrogens with zero attached hydrogens (tertiary/aromatic N) is 1. The third-order valence-electron chi connectivity index (χ3n) is 3.25. The predicted octanol–water partition coefficient (Wildman–Crippen LogP) is 2.94. The van der Waals surface area contributed by atoms with Gasteiger partial charge in [-0.1, -0.05) is 23.7 Å². The lowest BCUT2D eigenvalue weighted by molar-refractivity contribution is -0.139. The molecule has 0 radical (unpaired) electrons. The number of halogens is 1. The molecule has 0 unspecified atom stereocenters. The van der Waals surface area contributed by atoms with Crippen molar-refractivity contribution in [3.63, 3.8) is 0 Å². The Morgan fingerprint density at radius 1 is 1.20 bits per heavy atom. The molecular weight excluding hydrogens is 344 g/mol. The Morgan fingerprint density at radius 2 is 1.92 bits per heavy atom. The fraction of sp³-hybridized carbons (Fsp3) is 0.167. The highest BCUT2D eigenvalue weighted by Crippen LogP contribution is 2.20. The molecule has 2 rings (SSSR count). The molecule has 1 amide bonds. The summed E-state index contributed by atoms with van der Waals surface area (Å²) in [5, 5.41) is 12.0. The van der Waals surface area contributed by atoms with Gasteiger partial charge in [0.25, 0.3) is 5.91 Å². The summed E-state index contributed by atoms with van der Waals surface area (Å²) in [4.78, 5) is 23.2. The SMILES string of the molecule is COC(=O)Cc1ccc(OCC(=O)Nc2cc(Cl)ccc2C#N)cc1. The molecule has 0 fully saturated rings. The van der Waals surface area contributed by atoms with Gasteiger partial charge in [-0.2, -0.15) is 5.26 Å². The normalized spacial score (nSPS) is 9.80. The Kier molecular flexibility index (Phi) is 6.38. The van der Waals surface area contributed by atoms with Gasteiger partial charge in [-0.3, -0.25) is 9.59 Å². The first-order valence-electron chi connectivity index (χ1n) is 7.30. The van der Waals surface area contributed by atoms with E-state index in [4.69, 9.17) is 21.6 Å². The largest absolute Gasteiger partial charge is 0.484 e. The molecule has 0 heterocycles. The summed E-state index contributed by atoms with van der Waals surface area (Å²) >= 11 is 5.87. The second-order valence-corrected chi connectivity index (χ2v) is 5.47. The van der Waals surface area contributed by atoms with Crippen LogP contribution in [0.15, 0.2) is 42.5 Å². The number of nitriles is 1. The van der Waals surface area contributed by atoms with Gasteiger partial charge in [-0.15, -0.1) is 0 Å². The van der Waals surface area contributed by atoms with Crippen molar-refractivity contribution in [3.05, 3.63) is 58.6 Å². The molecule has 6 nitrogen and oxygen atoms in total. The number of hydrogen-bond acceptors (Lipinski definition) is 5. The Balaban J connectivity index is 1.91. The summed E-state index contributed by atoms with van der Waals surface area (Å²) in [5.74, 6) is -0.268. The van der Waals surface area contributed by atoms with Crippen LogP contribution in [0.3, 0.4) is 0 Å². The summed E-state index contributed by atoms with van der Waals surface area (Å²) in [6, 6.07) is 13.3. The molecule has 0 saturated heterocycles. The van der Waals surface area contributed by atoms with Crippen molar-refractivity contribution in [2.75, 3.05) is 19.0 Å². The van der Waals surface area contributed by atoms with E-state index in [1.54, 1.807) is 30.3 Å². The maximum atomic E-state index is 12.0. The summed E-state index contributed by atoms with van der Waals surface area (Å²) < 4.78 is 9.98. The van der Waals surface area contributed by atoms with Gasteiger partial charge < -0.3 is 14.8 Å². The highest BCUT2D eigenvalue weighted by Gasteiger charge is 2.09. The lowest BCUT2D eigenvalue weighted by Gasteiger charge is -2.09. The van der Waals surface area contributed by atoms with E-state index in [1.807, 2.05) is 6.07 Å². The lowest BCUT2D eigenvalue weighted by atomic mass is 10.1. The van der Waals surface area contributed by atoms with Gasteiger partial charge in [0.1, 0.15) is 11.8 Å². The summed E-state index contributed by atoms with van der Waals surface area (Å²) in [5.41, 5.74) is 1.42. The minimum absolute atomic E-state index is 0.170. The van der Waals surface area contributed by atoms with Gasteiger partial charge in [0.2, 0.25) is 0 Å². The van der Waals surface area contributed by atoms with Crippen LogP contribution < -0.4 is 10.1 Å². The van der Waals surface area contributed by atoms with Crippen LogP contribution in [-0.2, 0) is 20.7 Å². The fourth-order valence-electron chi connectivity index (χ4n) is 1.99. The topological polar surface area (TPSA) is 88.4 Å². The van der Waals surface area contributed by atoms with Crippen molar-refractivity contribution in [2.45, 2.75) is 6.42 Å². The number of carbonyl (C=O) groups is 2. The quantitative estimate of drug-likeness (QED) is 0.802. The molecule has 0 atom stereocenters. The van der Waals surface area contributed by atoms with Crippen LogP contribution in [0.1, 0.15) is 11.1 Å². The average molecular weight is 359 g/mol. The molecule has 0 aliphatic rings. The number of benzene rings is 2. The zero-order valence-corrected chi connectivity index (χ0v) is 14.2. The highest BCUT2D eigenvalue weighted by atomic mass is 35.5. The van der Waals surface area contributed by atoms with Crippen LogP contribution in [0, 0.1) is 11.3 Å². The molecule has 25 heavy (non-hydrogen) atoms. The van der Waals surface area contributed by atoms with E-state index in [-0.39, 0.29) is 19.0 Å². The standard InChI is InChI=1S/C18H15ClN2O4/c1-24-18(23)8-12-2-6-15(7-3-12)25-11-17(22)21-16-9-14(19)5-4-13(16)10-20/h2-7,9H,8,11H2,1H3,(H,21,22). The molecule has 0 spiro atoms. The van der Waals surface area contributed by atoms with Crippen molar-refractivity contribution in [3.8, 4) is 11.8 Å². The van der Waals surface area contributed by atoms with E-state index in [9.17, 15) is 9.59 Å². The molecule has 7 heteroatoms. The molecule has 1 N–H and O–H groups in total. The zero-order valence-electron chi connectivity index (χ0n) is 13.4. The number of anilines is 1. The maximum Gasteiger partial charge on any atom is 0.309 e. The number of hydrogen-bond donors (Lipinski definition) is 1. The molecule has 0 aromatic heterocycles. The van der Waals surface area contributed by atoms with Gasteiger partial charge in [-0.25, -0.2) is 0 Å². The van der Waals surface area contributed by atoms with Crippen LogP contribution >= 0.6 is 11.6 Å². The lowest BCUT2D eigenvalue weighted by Crippen LogP contribution is -2.20. The maximum absolute atomic E-state index is 12.0. The van der Waals surface area contributed by atoms with Gasteiger partial charge in [-0.05, 0) is 35.9 Å². The van der Waals surface area contributed by atoms with Crippen LogP contribution in [0.2, 0.25) is 5.02 Å². The van der Waals surface area contributed by atoms with E-state index in [2.05, 4.69) is 10.1 Å². The van der Waals surface area contributed by atoms with Crippen molar-refractivity contribution in [2.24, 2.45) is 0 Å². The molecule has 0 bridgehead atoms. The van der Waals surface area contributed by atoms with Crippen molar-refractivity contribution in [1.82, 2.24) is 0 Å².